The van der Waals surface area contributed by atoms with Crippen molar-refractivity contribution in [2.24, 2.45) is 17.8 Å². The van der Waals surface area contributed by atoms with Crippen LogP contribution in [0.1, 0.15) is 72.1 Å². The van der Waals surface area contributed by atoms with Crippen molar-refractivity contribution in [2.45, 2.75) is 77.0 Å². The lowest BCUT2D eigenvalue weighted by molar-refractivity contribution is 0.247. The average molecular weight is 289 g/mol. The molecule has 16 heavy (non-hydrogen) atoms. The molecular weight excluding hydrogens is 260 g/mol. The van der Waals surface area contributed by atoms with E-state index in [1.54, 1.807) is 0 Å². The molecule has 1 rings (SSSR count). The second kappa shape index (κ2) is 7.74. The molecule has 0 amide bonds. The van der Waals surface area contributed by atoms with E-state index < -0.39 is 0 Å². The number of alkyl halides is 1. The monoisotopic (exact) mass is 288 g/mol. The molecule has 0 N–H and O–H groups in total. The van der Waals surface area contributed by atoms with Crippen LogP contribution in [-0.2, 0) is 0 Å². The fourth-order valence-electron chi connectivity index (χ4n) is 3.08. The maximum Gasteiger partial charge on any atom is 0.0174 e. The van der Waals surface area contributed by atoms with E-state index in [0.29, 0.717) is 0 Å². The van der Waals surface area contributed by atoms with Gasteiger partial charge in [-0.2, -0.15) is 0 Å². The van der Waals surface area contributed by atoms with Crippen LogP contribution in [0.3, 0.4) is 0 Å². The minimum Gasteiger partial charge on any atom is -0.0888 e. The van der Waals surface area contributed by atoms with E-state index in [4.69, 9.17) is 0 Å². The van der Waals surface area contributed by atoms with Gasteiger partial charge in [0.1, 0.15) is 0 Å². The number of hydrogen-bond donors (Lipinski definition) is 0. The summed E-state index contributed by atoms with van der Waals surface area (Å²) in [5.74, 6) is 2.87. The van der Waals surface area contributed by atoms with E-state index in [0.717, 1.165) is 22.6 Å². The summed E-state index contributed by atoms with van der Waals surface area (Å²) in [5, 5.41) is 0. The molecule has 3 atom stereocenters. The van der Waals surface area contributed by atoms with Crippen molar-refractivity contribution in [1.29, 1.82) is 0 Å². The van der Waals surface area contributed by atoms with Crippen LogP contribution >= 0.6 is 15.9 Å². The number of hydrogen-bond acceptors (Lipinski definition) is 0. The highest BCUT2D eigenvalue weighted by Crippen LogP contribution is 2.38. The van der Waals surface area contributed by atoms with E-state index >= 15 is 0 Å². The summed E-state index contributed by atoms with van der Waals surface area (Å²) in [4.78, 5) is 0.813. The van der Waals surface area contributed by atoms with Gasteiger partial charge in [0.2, 0.25) is 0 Å². The Balaban J connectivity index is 2.26. The summed E-state index contributed by atoms with van der Waals surface area (Å²) in [6.45, 7) is 7.01. The van der Waals surface area contributed by atoms with Gasteiger partial charge in [0.05, 0.1) is 0 Å². The van der Waals surface area contributed by atoms with Gasteiger partial charge in [-0.25, -0.2) is 0 Å². The Bertz CT molecular complexity index is 176. The molecule has 1 heteroatoms. The first-order valence-corrected chi connectivity index (χ1v) is 8.19. The minimum absolute atomic E-state index is 0.813. The van der Waals surface area contributed by atoms with Crippen molar-refractivity contribution in [1.82, 2.24) is 0 Å². The van der Waals surface area contributed by atoms with Crippen molar-refractivity contribution in [3.63, 3.8) is 0 Å². The molecule has 0 aromatic carbocycles. The van der Waals surface area contributed by atoms with Gasteiger partial charge in [0.25, 0.3) is 0 Å². The lowest BCUT2D eigenvalue weighted by atomic mass is 9.77. The van der Waals surface area contributed by atoms with Crippen LogP contribution < -0.4 is 0 Å². The van der Waals surface area contributed by atoms with Gasteiger partial charge >= 0.3 is 0 Å². The normalized spacial score (nSPS) is 30.9. The second-order valence-corrected chi connectivity index (χ2v) is 7.24. The van der Waals surface area contributed by atoms with Crippen LogP contribution in [0, 0.1) is 17.8 Å². The summed E-state index contributed by atoms with van der Waals surface area (Å²) < 4.78 is 0. The van der Waals surface area contributed by atoms with E-state index in [1.165, 1.54) is 51.4 Å². The van der Waals surface area contributed by atoms with Crippen molar-refractivity contribution >= 4 is 15.9 Å². The van der Waals surface area contributed by atoms with Gasteiger partial charge in [-0.15, -0.1) is 0 Å². The third kappa shape index (κ3) is 5.21. The second-order valence-electron chi connectivity index (χ2n) is 6.07. The molecule has 0 aromatic heterocycles. The molecule has 96 valence electrons. The van der Waals surface area contributed by atoms with Gasteiger partial charge in [0.15, 0.2) is 0 Å². The van der Waals surface area contributed by atoms with Crippen LogP contribution in [-0.4, -0.2) is 4.83 Å². The SMILES string of the molecule is CCCC1CCC(Br)C(CCCC(C)C)C1. The Morgan fingerprint density at radius 1 is 1.19 bits per heavy atom. The third-order valence-electron chi connectivity index (χ3n) is 4.05. The summed E-state index contributed by atoms with van der Waals surface area (Å²) in [6.07, 6.45) is 11.5. The highest BCUT2D eigenvalue weighted by Gasteiger charge is 2.27. The zero-order chi connectivity index (χ0) is 12.0. The fraction of sp³-hybridized carbons (Fsp3) is 1.00. The predicted octanol–water partition coefficient (Wildman–Crippen LogP) is 5.79. The van der Waals surface area contributed by atoms with Crippen molar-refractivity contribution in [3.05, 3.63) is 0 Å². The van der Waals surface area contributed by atoms with Gasteiger partial charge < -0.3 is 0 Å². The van der Waals surface area contributed by atoms with Gasteiger partial charge in [0, 0.05) is 4.83 Å². The topological polar surface area (TPSA) is 0 Å². The largest absolute Gasteiger partial charge is 0.0888 e. The number of halogens is 1. The Labute approximate surface area is 111 Å². The van der Waals surface area contributed by atoms with Crippen LogP contribution in [0.15, 0.2) is 0 Å². The number of rotatable bonds is 6. The van der Waals surface area contributed by atoms with Gasteiger partial charge in [-0.05, 0) is 43.4 Å². The summed E-state index contributed by atoms with van der Waals surface area (Å²) in [7, 11) is 0. The quantitative estimate of drug-likeness (QED) is 0.543. The van der Waals surface area contributed by atoms with Crippen LogP contribution in [0.4, 0.5) is 0 Å². The summed E-state index contributed by atoms with van der Waals surface area (Å²) >= 11 is 3.90. The minimum atomic E-state index is 0.813. The fourth-order valence-corrected chi connectivity index (χ4v) is 3.83. The van der Waals surface area contributed by atoms with E-state index in [1.807, 2.05) is 0 Å². The molecule has 1 saturated carbocycles. The standard InChI is InChI=1S/C15H29Br/c1-4-6-13-9-10-15(16)14(11-13)8-5-7-12(2)3/h12-15H,4-11H2,1-3H3. The molecule has 1 aliphatic carbocycles. The summed E-state index contributed by atoms with van der Waals surface area (Å²) in [5.41, 5.74) is 0. The molecule has 0 aliphatic heterocycles. The first kappa shape index (κ1) is 14.5. The average Bonchev–Trinajstić information content (AvgIpc) is 2.22. The molecule has 0 nitrogen and oxygen atoms in total. The lowest BCUT2D eigenvalue weighted by Crippen LogP contribution is -2.25. The smallest absolute Gasteiger partial charge is 0.0174 e. The third-order valence-corrected chi connectivity index (χ3v) is 5.26. The van der Waals surface area contributed by atoms with E-state index in [9.17, 15) is 0 Å². The maximum absolute atomic E-state index is 3.90. The zero-order valence-corrected chi connectivity index (χ0v) is 12.9. The molecule has 1 fully saturated rings. The molecule has 0 bridgehead atoms. The Kier molecular flexibility index (Phi) is 7.03. The first-order chi connectivity index (χ1) is 7.63. The molecule has 0 radical (unpaired) electrons. The van der Waals surface area contributed by atoms with Crippen LogP contribution in [0.25, 0.3) is 0 Å². The van der Waals surface area contributed by atoms with E-state index in [-0.39, 0.29) is 0 Å². The maximum atomic E-state index is 3.90. The molecule has 3 unspecified atom stereocenters. The molecule has 1 aliphatic rings. The highest BCUT2D eigenvalue weighted by molar-refractivity contribution is 9.09. The van der Waals surface area contributed by atoms with Crippen molar-refractivity contribution in [2.75, 3.05) is 0 Å². The van der Waals surface area contributed by atoms with Gasteiger partial charge in [-0.1, -0.05) is 62.4 Å². The van der Waals surface area contributed by atoms with Gasteiger partial charge in [-0.3, -0.25) is 0 Å². The van der Waals surface area contributed by atoms with Crippen molar-refractivity contribution < 1.29 is 0 Å². The van der Waals surface area contributed by atoms with Crippen LogP contribution in [0.2, 0.25) is 0 Å². The molecule has 0 spiro atoms. The Hall–Kier alpha value is 0.480. The molecule has 0 heterocycles. The first-order valence-electron chi connectivity index (χ1n) is 7.27. The Morgan fingerprint density at radius 2 is 1.94 bits per heavy atom. The molecule has 0 aromatic rings. The van der Waals surface area contributed by atoms with Crippen LogP contribution in [0.5, 0.6) is 0 Å². The predicted molar refractivity (Wildman–Crippen MR) is 77.1 cm³/mol. The summed E-state index contributed by atoms with van der Waals surface area (Å²) in [6, 6.07) is 0. The van der Waals surface area contributed by atoms with E-state index in [2.05, 4.69) is 36.7 Å². The Morgan fingerprint density at radius 3 is 2.56 bits per heavy atom. The molecular formula is C15H29Br. The molecule has 0 saturated heterocycles. The zero-order valence-electron chi connectivity index (χ0n) is 11.3. The highest BCUT2D eigenvalue weighted by atomic mass is 79.9. The van der Waals surface area contributed by atoms with Crippen molar-refractivity contribution in [3.8, 4) is 0 Å². The lowest BCUT2D eigenvalue weighted by Gasteiger charge is -2.33.